The second-order valence-electron chi connectivity index (χ2n) is 6.11. The summed E-state index contributed by atoms with van der Waals surface area (Å²) in [7, 11) is 2.21. The first-order chi connectivity index (χ1) is 9.09. The van der Waals surface area contributed by atoms with Crippen LogP contribution in [0.15, 0.2) is 12.1 Å². The van der Waals surface area contributed by atoms with E-state index >= 15 is 0 Å². The summed E-state index contributed by atoms with van der Waals surface area (Å²) < 4.78 is 2.38. The second kappa shape index (κ2) is 4.68. The molecule has 1 saturated heterocycles. The van der Waals surface area contributed by atoms with Crippen LogP contribution in [0.5, 0.6) is 0 Å². The molecule has 19 heavy (non-hydrogen) atoms. The Labute approximate surface area is 115 Å². The Morgan fingerprint density at radius 2 is 1.95 bits per heavy atom. The van der Waals surface area contributed by atoms with Gasteiger partial charge in [0.15, 0.2) is 0 Å². The predicted octanol–water partition coefficient (Wildman–Crippen LogP) is 3.26. The Hall–Kier alpha value is -1.28. The lowest BCUT2D eigenvalue weighted by atomic mass is 9.94. The number of nitrogens with one attached hydrogen (secondary N) is 1. The minimum absolute atomic E-state index is 0.809. The van der Waals surface area contributed by atoms with Crippen molar-refractivity contribution in [3.05, 3.63) is 34.5 Å². The maximum atomic E-state index is 3.49. The number of nitrogens with zero attached hydrogens (tertiary/aromatic N) is 1. The van der Waals surface area contributed by atoms with E-state index in [0.717, 1.165) is 5.92 Å². The average molecular weight is 256 g/mol. The molecular formula is C17H24N2. The molecule has 102 valence electrons. The number of hydrogen-bond donors (Lipinski definition) is 1. The Morgan fingerprint density at radius 1 is 1.21 bits per heavy atom. The number of aromatic nitrogens is 1. The molecule has 1 aliphatic heterocycles. The molecule has 2 heteroatoms. The van der Waals surface area contributed by atoms with E-state index < -0.39 is 0 Å². The minimum atomic E-state index is 0.809. The number of hydrogen-bond acceptors (Lipinski definition) is 1. The van der Waals surface area contributed by atoms with Crippen molar-refractivity contribution in [3.8, 4) is 0 Å². The average Bonchev–Trinajstić information content (AvgIpc) is 2.97. The lowest BCUT2D eigenvalue weighted by Gasteiger charge is -2.10. The van der Waals surface area contributed by atoms with Gasteiger partial charge >= 0.3 is 0 Å². The molecule has 1 unspecified atom stereocenters. The Kier molecular flexibility index (Phi) is 3.14. The Balaban J connectivity index is 2.17. The molecule has 1 aliphatic rings. The van der Waals surface area contributed by atoms with Crippen LogP contribution in [0.1, 0.15) is 28.8 Å². The van der Waals surface area contributed by atoms with Crippen molar-refractivity contribution in [2.24, 2.45) is 13.0 Å². The molecule has 0 saturated carbocycles. The first kappa shape index (κ1) is 12.7. The van der Waals surface area contributed by atoms with Crippen LogP contribution in [0.4, 0.5) is 0 Å². The maximum Gasteiger partial charge on any atom is 0.0515 e. The fourth-order valence-corrected chi connectivity index (χ4v) is 3.59. The third-order valence-electron chi connectivity index (χ3n) is 4.82. The van der Waals surface area contributed by atoms with Crippen LogP contribution in [0.3, 0.4) is 0 Å². The zero-order chi connectivity index (χ0) is 13.6. The first-order valence-electron chi connectivity index (χ1n) is 7.34. The van der Waals surface area contributed by atoms with Crippen LogP contribution in [-0.4, -0.2) is 17.7 Å². The summed E-state index contributed by atoms with van der Waals surface area (Å²) in [5, 5.41) is 4.99. The van der Waals surface area contributed by atoms with Crippen LogP contribution < -0.4 is 5.32 Å². The molecular weight excluding hydrogens is 232 g/mol. The SMILES string of the molecule is Cc1ccc(C)c2c1c(CC1CCNC1)c(C)n2C. The van der Waals surface area contributed by atoms with Crippen molar-refractivity contribution in [1.29, 1.82) is 0 Å². The number of fused-ring (bicyclic) bond motifs is 1. The van der Waals surface area contributed by atoms with E-state index in [2.05, 4.69) is 49.8 Å². The summed E-state index contributed by atoms with van der Waals surface area (Å²) in [6.45, 7) is 9.11. The summed E-state index contributed by atoms with van der Waals surface area (Å²) in [6, 6.07) is 4.52. The Bertz CT molecular complexity index is 616. The van der Waals surface area contributed by atoms with Gasteiger partial charge in [-0.2, -0.15) is 0 Å². The summed E-state index contributed by atoms with van der Waals surface area (Å²) >= 11 is 0. The van der Waals surface area contributed by atoms with Gasteiger partial charge in [-0.1, -0.05) is 12.1 Å². The van der Waals surface area contributed by atoms with Crippen LogP contribution in [0.2, 0.25) is 0 Å². The lowest BCUT2D eigenvalue weighted by molar-refractivity contribution is 0.579. The van der Waals surface area contributed by atoms with Crippen molar-refractivity contribution < 1.29 is 0 Å². The summed E-state index contributed by atoms with van der Waals surface area (Å²) in [5.74, 6) is 0.809. The van der Waals surface area contributed by atoms with E-state index in [4.69, 9.17) is 0 Å². The third kappa shape index (κ3) is 1.99. The molecule has 1 atom stereocenters. The second-order valence-corrected chi connectivity index (χ2v) is 6.11. The van der Waals surface area contributed by atoms with Gasteiger partial charge in [0, 0.05) is 18.1 Å². The van der Waals surface area contributed by atoms with E-state index in [-0.39, 0.29) is 0 Å². The van der Waals surface area contributed by atoms with E-state index in [9.17, 15) is 0 Å². The van der Waals surface area contributed by atoms with Gasteiger partial charge in [0.05, 0.1) is 5.52 Å². The molecule has 2 nitrogen and oxygen atoms in total. The van der Waals surface area contributed by atoms with Crippen molar-refractivity contribution in [3.63, 3.8) is 0 Å². The molecule has 2 heterocycles. The van der Waals surface area contributed by atoms with Gasteiger partial charge in [-0.3, -0.25) is 0 Å². The molecule has 2 aromatic rings. The summed E-state index contributed by atoms with van der Waals surface area (Å²) in [4.78, 5) is 0. The van der Waals surface area contributed by atoms with E-state index in [0.29, 0.717) is 0 Å². The van der Waals surface area contributed by atoms with Gasteiger partial charge in [0.2, 0.25) is 0 Å². The zero-order valence-electron chi connectivity index (χ0n) is 12.5. The number of rotatable bonds is 2. The largest absolute Gasteiger partial charge is 0.347 e. The van der Waals surface area contributed by atoms with Gasteiger partial charge in [-0.15, -0.1) is 0 Å². The first-order valence-corrected chi connectivity index (χ1v) is 7.34. The van der Waals surface area contributed by atoms with Crippen LogP contribution in [0.25, 0.3) is 10.9 Å². The van der Waals surface area contributed by atoms with E-state index in [1.165, 1.54) is 53.7 Å². The molecule has 0 bridgehead atoms. The fourth-order valence-electron chi connectivity index (χ4n) is 3.59. The molecule has 1 fully saturated rings. The fraction of sp³-hybridized carbons (Fsp3) is 0.529. The van der Waals surface area contributed by atoms with Gasteiger partial charge in [0.1, 0.15) is 0 Å². The molecule has 1 aromatic heterocycles. The number of benzene rings is 1. The van der Waals surface area contributed by atoms with Crippen molar-refractivity contribution in [2.75, 3.05) is 13.1 Å². The zero-order valence-corrected chi connectivity index (χ0v) is 12.5. The van der Waals surface area contributed by atoms with E-state index in [1.54, 1.807) is 5.56 Å². The lowest BCUT2D eigenvalue weighted by Crippen LogP contribution is -2.11. The highest BCUT2D eigenvalue weighted by molar-refractivity contribution is 5.91. The number of aryl methyl sites for hydroxylation is 3. The highest BCUT2D eigenvalue weighted by Gasteiger charge is 2.21. The Morgan fingerprint density at radius 3 is 2.63 bits per heavy atom. The third-order valence-corrected chi connectivity index (χ3v) is 4.82. The topological polar surface area (TPSA) is 17.0 Å². The quantitative estimate of drug-likeness (QED) is 0.872. The molecule has 1 N–H and O–H groups in total. The van der Waals surface area contributed by atoms with Gasteiger partial charge in [-0.05, 0) is 69.3 Å². The van der Waals surface area contributed by atoms with Gasteiger partial charge in [0.25, 0.3) is 0 Å². The molecule has 0 spiro atoms. The van der Waals surface area contributed by atoms with Crippen molar-refractivity contribution in [2.45, 2.75) is 33.6 Å². The summed E-state index contributed by atoms with van der Waals surface area (Å²) in [6.07, 6.45) is 2.54. The smallest absolute Gasteiger partial charge is 0.0515 e. The monoisotopic (exact) mass is 256 g/mol. The van der Waals surface area contributed by atoms with Gasteiger partial charge < -0.3 is 9.88 Å². The van der Waals surface area contributed by atoms with Gasteiger partial charge in [-0.25, -0.2) is 0 Å². The minimum Gasteiger partial charge on any atom is -0.347 e. The molecule has 1 aromatic carbocycles. The molecule has 0 amide bonds. The molecule has 0 aliphatic carbocycles. The highest BCUT2D eigenvalue weighted by atomic mass is 15.0. The van der Waals surface area contributed by atoms with Crippen LogP contribution in [0, 0.1) is 26.7 Å². The van der Waals surface area contributed by atoms with Crippen LogP contribution >= 0.6 is 0 Å². The van der Waals surface area contributed by atoms with Crippen molar-refractivity contribution >= 4 is 10.9 Å². The van der Waals surface area contributed by atoms with Crippen molar-refractivity contribution in [1.82, 2.24) is 9.88 Å². The standard InChI is InChI=1S/C17H24N2/c1-11-5-6-12(2)17-16(11)15(13(3)19(17)4)9-14-7-8-18-10-14/h5-6,14,18H,7-10H2,1-4H3. The normalized spacial score (nSPS) is 19.5. The maximum absolute atomic E-state index is 3.49. The van der Waals surface area contributed by atoms with E-state index in [1.807, 2.05) is 0 Å². The molecule has 0 radical (unpaired) electrons. The molecule has 3 rings (SSSR count). The highest BCUT2D eigenvalue weighted by Crippen LogP contribution is 2.32. The summed E-state index contributed by atoms with van der Waals surface area (Å²) in [5.41, 5.74) is 7.26. The predicted molar refractivity (Wildman–Crippen MR) is 81.8 cm³/mol. The van der Waals surface area contributed by atoms with Crippen LogP contribution in [-0.2, 0) is 13.5 Å².